The SMILES string of the molecule is O=C(NCc1cccc(NC(=O)C2CC2)c1)c1ccc(F)cc1Cl. The number of hydrogen-bond donors (Lipinski definition) is 2. The van der Waals surface area contributed by atoms with Gasteiger partial charge in [-0.1, -0.05) is 23.7 Å². The largest absolute Gasteiger partial charge is 0.348 e. The second kappa shape index (κ2) is 7.01. The van der Waals surface area contributed by atoms with Crippen molar-refractivity contribution in [2.24, 2.45) is 5.92 Å². The molecule has 0 spiro atoms. The molecule has 2 amide bonds. The topological polar surface area (TPSA) is 58.2 Å². The van der Waals surface area contributed by atoms with Crippen molar-refractivity contribution in [3.63, 3.8) is 0 Å². The summed E-state index contributed by atoms with van der Waals surface area (Å²) in [5, 5.41) is 5.66. The molecular formula is C18H16ClFN2O2. The molecular weight excluding hydrogens is 331 g/mol. The van der Waals surface area contributed by atoms with Crippen LogP contribution in [0.2, 0.25) is 5.02 Å². The van der Waals surface area contributed by atoms with Gasteiger partial charge in [0.25, 0.3) is 5.91 Å². The zero-order valence-electron chi connectivity index (χ0n) is 12.8. The zero-order chi connectivity index (χ0) is 17.1. The first-order valence-electron chi connectivity index (χ1n) is 7.66. The summed E-state index contributed by atoms with van der Waals surface area (Å²) in [6.07, 6.45) is 1.89. The van der Waals surface area contributed by atoms with Crippen molar-refractivity contribution in [2.45, 2.75) is 19.4 Å². The number of nitrogens with one attached hydrogen (secondary N) is 2. The van der Waals surface area contributed by atoms with Crippen molar-refractivity contribution in [2.75, 3.05) is 5.32 Å². The van der Waals surface area contributed by atoms with Crippen LogP contribution in [0.5, 0.6) is 0 Å². The number of amides is 2. The van der Waals surface area contributed by atoms with Gasteiger partial charge >= 0.3 is 0 Å². The Bertz CT molecular complexity index is 790. The highest BCUT2D eigenvalue weighted by Crippen LogP contribution is 2.30. The molecule has 0 unspecified atom stereocenters. The van der Waals surface area contributed by atoms with Crippen molar-refractivity contribution >= 4 is 29.1 Å². The quantitative estimate of drug-likeness (QED) is 0.866. The lowest BCUT2D eigenvalue weighted by atomic mass is 10.1. The van der Waals surface area contributed by atoms with Gasteiger partial charge in [0, 0.05) is 18.2 Å². The van der Waals surface area contributed by atoms with Gasteiger partial charge in [-0.3, -0.25) is 9.59 Å². The molecule has 0 saturated heterocycles. The third-order valence-electron chi connectivity index (χ3n) is 3.77. The Labute approximate surface area is 144 Å². The molecule has 0 heterocycles. The van der Waals surface area contributed by atoms with Crippen molar-refractivity contribution in [1.29, 1.82) is 0 Å². The van der Waals surface area contributed by atoms with Gasteiger partial charge in [-0.25, -0.2) is 4.39 Å². The molecule has 124 valence electrons. The highest BCUT2D eigenvalue weighted by atomic mass is 35.5. The standard InChI is InChI=1S/C18H16ClFN2O2/c19-16-9-13(20)6-7-15(16)18(24)21-10-11-2-1-3-14(8-11)22-17(23)12-4-5-12/h1-3,6-9,12H,4-5,10H2,(H,21,24)(H,22,23). The van der Waals surface area contributed by atoms with Crippen LogP contribution in [0.4, 0.5) is 10.1 Å². The Hall–Kier alpha value is -2.40. The number of hydrogen-bond acceptors (Lipinski definition) is 2. The molecule has 1 aliphatic rings. The lowest BCUT2D eigenvalue weighted by Gasteiger charge is -2.09. The average Bonchev–Trinajstić information content (AvgIpc) is 3.38. The van der Waals surface area contributed by atoms with Gasteiger partial charge in [-0.2, -0.15) is 0 Å². The maximum atomic E-state index is 13.0. The maximum absolute atomic E-state index is 13.0. The fraction of sp³-hybridized carbons (Fsp3) is 0.222. The van der Waals surface area contributed by atoms with Gasteiger partial charge in [0.05, 0.1) is 10.6 Å². The van der Waals surface area contributed by atoms with Crippen LogP contribution in [-0.4, -0.2) is 11.8 Å². The molecule has 3 rings (SSSR count). The molecule has 2 N–H and O–H groups in total. The molecule has 0 aliphatic heterocycles. The van der Waals surface area contributed by atoms with Crippen molar-refractivity contribution in [3.05, 3.63) is 64.4 Å². The Morgan fingerprint density at radius 1 is 1.17 bits per heavy atom. The fourth-order valence-corrected chi connectivity index (χ4v) is 2.55. The molecule has 0 aromatic heterocycles. The van der Waals surface area contributed by atoms with E-state index >= 15 is 0 Å². The minimum atomic E-state index is -0.490. The lowest BCUT2D eigenvalue weighted by molar-refractivity contribution is -0.117. The Morgan fingerprint density at radius 3 is 2.67 bits per heavy atom. The van der Waals surface area contributed by atoms with Crippen LogP contribution in [0.3, 0.4) is 0 Å². The van der Waals surface area contributed by atoms with Gasteiger partial charge in [0.1, 0.15) is 5.82 Å². The van der Waals surface area contributed by atoms with E-state index in [9.17, 15) is 14.0 Å². The van der Waals surface area contributed by atoms with E-state index in [1.54, 1.807) is 0 Å². The number of anilines is 1. The van der Waals surface area contributed by atoms with Gasteiger partial charge < -0.3 is 10.6 Å². The third kappa shape index (κ3) is 4.11. The maximum Gasteiger partial charge on any atom is 0.253 e. The van der Waals surface area contributed by atoms with Gasteiger partial charge in [0.2, 0.25) is 5.91 Å². The summed E-state index contributed by atoms with van der Waals surface area (Å²) in [5.41, 5.74) is 1.77. The predicted molar refractivity (Wildman–Crippen MR) is 90.4 cm³/mol. The summed E-state index contributed by atoms with van der Waals surface area (Å²) in [4.78, 5) is 23.9. The van der Waals surface area contributed by atoms with Gasteiger partial charge in [0.15, 0.2) is 0 Å². The fourth-order valence-electron chi connectivity index (χ4n) is 2.30. The van der Waals surface area contributed by atoms with Crippen LogP contribution in [0, 0.1) is 11.7 Å². The van der Waals surface area contributed by atoms with Crippen LogP contribution < -0.4 is 10.6 Å². The van der Waals surface area contributed by atoms with Crippen LogP contribution in [0.15, 0.2) is 42.5 Å². The van der Waals surface area contributed by atoms with E-state index in [1.165, 1.54) is 12.1 Å². The monoisotopic (exact) mass is 346 g/mol. The molecule has 1 fully saturated rings. The van der Waals surface area contributed by atoms with E-state index in [1.807, 2.05) is 24.3 Å². The first-order valence-corrected chi connectivity index (χ1v) is 8.04. The molecule has 0 atom stereocenters. The molecule has 1 saturated carbocycles. The van der Waals surface area contributed by atoms with Crippen LogP contribution >= 0.6 is 11.6 Å². The Balaban J connectivity index is 1.61. The summed E-state index contributed by atoms with van der Waals surface area (Å²) in [7, 11) is 0. The summed E-state index contributed by atoms with van der Waals surface area (Å²) < 4.78 is 13.0. The molecule has 2 aromatic rings. The second-order valence-electron chi connectivity index (χ2n) is 5.77. The summed E-state index contributed by atoms with van der Waals surface area (Å²) in [6, 6.07) is 10.9. The minimum absolute atomic E-state index is 0.0364. The van der Waals surface area contributed by atoms with Gasteiger partial charge in [-0.15, -0.1) is 0 Å². The number of carbonyl (C=O) groups excluding carboxylic acids is 2. The molecule has 24 heavy (non-hydrogen) atoms. The predicted octanol–water partition coefficient (Wildman–Crippen LogP) is 3.76. The number of rotatable bonds is 5. The lowest BCUT2D eigenvalue weighted by Crippen LogP contribution is -2.23. The first kappa shape index (κ1) is 16.5. The minimum Gasteiger partial charge on any atom is -0.348 e. The van der Waals surface area contributed by atoms with E-state index in [4.69, 9.17) is 11.6 Å². The third-order valence-corrected chi connectivity index (χ3v) is 4.08. The highest BCUT2D eigenvalue weighted by Gasteiger charge is 2.29. The van der Waals surface area contributed by atoms with Crippen LogP contribution in [-0.2, 0) is 11.3 Å². The smallest absolute Gasteiger partial charge is 0.253 e. The normalized spacial score (nSPS) is 13.4. The molecule has 2 aromatic carbocycles. The average molecular weight is 347 g/mol. The van der Waals surface area contributed by atoms with Crippen molar-refractivity contribution in [1.82, 2.24) is 5.32 Å². The van der Waals surface area contributed by atoms with Crippen LogP contribution in [0.25, 0.3) is 0 Å². The van der Waals surface area contributed by atoms with E-state index in [-0.39, 0.29) is 34.9 Å². The van der Waals surface area contributed by atoms with Crippen LogP contribution in [0.1, 0.15) is 28.8 Å². The Kier molecular flexibility index (Phi) is 4.81. The molecule has 6 heteroatoms. The summed E-state index contributed by atoms with van der Waals surface area (Å²) in [5.74, 6) is -0.702. The summed E-state index contributed by atoms with van der Waals surface area (Å²) in [6.45, 7) is 0.277. The Morgan fingerprint density at radius 2 is 1.96 bits per heavy atom. The second-order valence-corrected chi connectivity index (χ2v) is 6.18. The highest BCUT2D eigenvalue weighted by molar-refractivity contribution is 6.33. The van der Waals surface area contributed by atoms with Gasteiger partial charge in [-0.05, 0) is 48.7 Å². The molecule has 4 nitrogen and oxygen atoms in total. The van der Waals surface area contributed by atoms with Crippen molar-refractivity contribution in [3.8, 4) is 0 Å². The van der Waals surface area contributed by atoms with E-state index in [2.05, 4.69) is 10.6 Å². The molecule has 0 radical (unpaired) electrons. The first-order chi connectivity index (χ1) is 11.5. The molecule has 1 aliphatic carbocycles. The number of halogens is 2. The number of carbonyl (C=O) groups is 2. The summed E-state index contributed by atoms with van der Waals surface area (Å²) >= 11 is 5.88. The van der Waals surface area contributed by atoms with E-state index in [0.717, 1.165) is 24.5 Å². The van der Waals surface area contributed by atoms with E-state index in [0.29, 0.717) is 5.69 Å². The number of benzene rings is 2. The van der Waals surface area contributed by atoms with E-state index < -0.39 is 5.82 Å². The molecule has 0 bridgehead atoms. The zero-order valence-corrected chi connectivity index (χ0v) is 13.6. The van der Waals surface area contributed by atoms with Crippen molar-refractivity contribution < 1.29 is 14.0 Å².